The molecule has 0 aromatic rings. The van der Waals surface area contributed by atoms with Crippen LogP contribution in [-0.2, 0) is 0 Å². The van der Waals surface area contributed by atoms with Crippen molar-refractivity contribution in [3.05, 3.63) is 0 Å². The van der Waals surface area contributed by atoms with Gasteiger partial charge in [0, 0.05) is 0 Å². The molecule has 0 rings (SSSR count). The van der Waals surface area contributed by atoms with Gasteiger partial charge >= 0.3 is 76.0 Å². The van der Waals surface area contributed by atoms with Crippen LogP contribution >= 0.6 is 0 Å². The van der Waals surface area contributed by atoms with Crippen LogP contribution in [0.2, 0.25) is 28.6 Å². The topological polar surface area (TPSA) is 0 Å². The maximum atomic E-state index is 3.39. The van der Waals surface area contributed by atoms with E-state index in [1.54, 1.807) is 0 Å². The van der Waals surface area contributed by atoms with E-state index >= 15 is 0 Å². The van der Waals surface area contributed by atoms with E-state index < -0.39 is 8.07 Å². The molecule has 0 aliphatic heterocycles. The molecule has 0 N–H and O–H groups in total. The molecule has 0 saturated heterocycles. The summed E-state index contributed by atoms with van der Waals surface area (Å²) in [5, 5.41) is 0. The van der Waals surface area contributed by atoms with E-state index in [-0.39, 0.29) is 20.9 Å². The predicted molar refractivity (Wildman–Crippen MR) is 52.2 cm³/mol. The number of hydrogen-bond donors (Lipinski definition) is 0. The van der Waals surface area contributed by atoms with E-state index in [0.717, 1.165) is 3.97 Å². The molecule has 0 fully saturated rings. The Bertz CT molecular complexity index is 147. The van der Waals surface area contributed by atoms with Gasteiger partial charge in [0.15, 0.2) is 0 Å². The Morgan fingerprint density at radius 1 is 1.30 bits per heavy atom. The third-order valence-electron chi connectivity index (χ3n) is 1.00. The minimum absolute atomic E-state index is 0.186. The Kier molecular flexibility index (Phi) is 4.70. The molecule has 2 heteroatoms. The molecule has 0 aromatic heterocycles. The van der Waals surface area contributed by atoms with Crippen LogP contribution in [0.1, 0.15) is 6.92 Å². The zero-order valence-electron chi connectivity index (χ0n) is 7.49. The molecule has 0 saturated carbocycles. The van der Waals surface area contributed by atoms with Gasteiger partial charge in [-0.05, 0) is 0 Å². The molecule has 0 heterocycles. The standard InChI is InChI=1S/C8H16SiTe/c1-8(10-5)6-7-9(2,3)4/h8H,1-5H3. The SMILES string of the molecule is C[Te]C(C)C#C[Si](C)(C)C. The summed E-state index contributed by atoms with van der Waals surface area (Å²) < 4.78 is 0.720. The van der Waals surface area contributed by atoms with Crippen LogP contribution in [0.5, 0.6) is 0 Å². The first kappa shape index (κ1) is 10.6. The van der Waals surface area contributed by atoms with E-state index in [1.165, 1.54) is 0 Å². The molecule has 10 heavy (non-hydrogen) atoms. The van der Waals surface area contributed by atoms with Crippen LogP contribution in [0.4, 0.5) is 0 Å². The predicted octanol–water partition coefficient (Wildman–Crippen LogP) is 2.43. The molecule has 0 spiro atoms. The van der Waals surface area contributed by atoms with Gasteiger partial charge in [-0.25, -0.2) is 0 Å². The van der Waals surface area contributed by atoms with Crippen molar-refractivity contribution >= 4 is 29.0 Å². The minimum atomic E-state index is -1.08. The molecule has 0 aromatic carbocycles. The van der Waals surface area contributed by atoms with Crippen molar-refractivity contribution in [3.8, 4) is 11.5 Å². The fourth-order valence-electron chi connectivity index (χ4n) is 0.377. The summed E-state index contributed by atoms with van der Waals surface area (Å²) in [5.74, 6) is 3.34. The first-order chi connectivity index (χ1) is 4.45. The molecule has 0 radical (unpaired) electrons. The number of rotatable bonds is 1. The maximum absolute atomic E-state index is 3.39. The monoisotopic (exact) mass is 270 g/mol. The summed E-state index contributed by atoms with van der Waals surface area (Å²) in [7, 11) is -1.08. The normalized spacial score (nSPS) is 13.7. The second-order valence-corrected chi connectivity index (χ2v) is 11.5. The van der Waals surface area contributed by atoms with Crippen molar-refractivity contribution in [2.45, 2.75) is 35.5 Å². The Balaban J connectivity index is 3.91. The van der Waals surface area contributed by atoms with Crippen molar-refractivity contribution in [3.63, 3.8) is 0 Å². The summed E-state index contributed by atoms with van der Waals surface area (Å²) >= 11 is 0.186. The molecule has 0 amide bonds. The quantitative estimate of drug-likeness (QED) is 0.506. The van der Waals surface area contributed by atoms with Gasteiger partial charge in [0.1, 0.15) is 0 Å². The van der Waals surface area contributed by atoms with E-state index in [0.29, 0.717) is 0 Å². The molecular formula is C8H16SiTe. The van der Waals surface area contributed by atoms with Crippen molar-refractivity contribution < 1.29 is 0 Å². The summed E-state index contributed by atoms with van der Waals surface area (Å²) in [6.07, 6.45) is 0. The summed E-state index contributed by atoms with van der Waals surface area (Å²) in [5.41, 5.74) is 3.39. The summed E-state index contributed by atoms with van der Waals surface area (Å²) in [6.45, 7) is 9.13. The Labute approximate surface area is 75.9 Å². The third kappa shape index (κ3) is 6.68. The van der Waals surface area contributed by atoms with Crippen LogP contribution < -0.4 is 0 Å². The van der Waals surface area contributed by atoms with E-state index in [1.807, 2.05) is 0 Å². The zero-order valence-corrected chi connectivity index (χ0v) is 10.8. The molecule has 58 valence electrons. The molecule has 0 aliphatic rings. The molecule has 0 bridgehead atoms. The van der Waals surface area contributed by atoms with Crippen LogP contribution in [0, 0.1) is 11.5 Å². The second kappa shape index (κ2) is 4.45. The fraction of sp³-hybridized carbons (Fsp3) is 0.750. The van der Waals surface area contributed by atoms with Crippen LogP contribution in [0.25, 0.3) is 0 Å². The number of hydrogen-bond acceptors (Lipinski definition) is 0. The van der Waals surface area contributed by atoms with Gasteiger partial charge < -0.3 is 0 Å². The van der Waals surface area contributed by atoms with E-state index in [2.05, 4.69) is 43.0 Å². The van der Waals surface area contributed by atoms with Crippen LogP contribution in [0.15, 0.2) is 0 Å². The molecular weight excluding hydrogens is 252 g/mol. The Morgan fingerprint density at radius 2 is 1.80 bits per heavy atom. The molecule has 1 unspecified atom stereocenters. The summed E-state index contributed by atoms with van der Waals surface area (Å²) in [6, 6.07) is 0. The first-order valence-corrected chi connectivity index (χ1v) is 10.7. The van der Waals surface area contributed by atoms with Crippen LogP contribution in [0.3, 0.4) is 0 Å². The van der Waals surface area contributed by atoms with Gasteiger partial charge in [0.25, 0.3) is 0 Å². The van der Waals surface area contributed by atoms with Gasteiger partial charge in [-0.15, -0.1) is 0 Å². The average molecular weight is 268 g/mol. The second-order valence-electron chi connectivity index (χ2n) is 3.40. The third-order valence-corrected chi connectivity index (χ3v) is 4.25. The van der Waals surface area contributed by atoms with E-state index in [9.17, 15) is 0 Å². The van der Waals surface area contributed by atoms with Crippen molar-refractivity contribution in [1.29, 1.82) is 0 Å². The van der Waals surface area contributed by atoms with Crippen LogP contribution in [-0.4, -0.2) is 29.0 Å². The fourth-order valence-corrected chi connectivity index (χ4v) is 1.85. The van der Waals surface area contributed by atoms with Gasteiger partial charge in [-0.3, -0.25) is 0 Å². The first-order valence-electron chi connectivity index (χ1n) is 3.51. The molecule has 0 nitrogen and oxygen atoms in total. The Morgan fingerprint density at radius 3 is 2.10 bits per heavy atom. The Hall–Kier alpha value is 0.566. The van der Waals surface area contributed by atoms with Gasteiger partial charge in [0.2, 0.25) is 0 Å². The van der Waals surface area contributed by atoms with Crippen molar-refractivity contribution in [2.75, 3.05) is 0 Å². The van der Waals surface area contributed by atoms with Gasteiger partial charge in [-0.2, -0.15) is 0 Å². The summed E-state index contributed by atoms with van der Waals surface area (Å²) in [4.78, 5) is 2.31. The van der Waals surface area contributed by atoms with Gasteiger partial charge in [0.05, 0.1) is 0 Å². The van der Waals surface area contributed by atoms with Gasteiger partial charge in [-0.1, -0.05) is 0 Å². The molecule has 0 aliphatic carbocycles. The molecule has 1 atom stereocenters. The van der Waals surface area contributed by atoms with Crippen molar-refractivity contribution in [1.82, 2.24) is 0 Å². The average Bonchev–Trinajstić information content (AvgIpc) is 1.81. The zero-order chi connectivity index (χ0) is 8.20. The van der Waals surface area contributed by atoms with E-state index in [4.69, 9.17) is 0 Å². The van der Waals surface area contributed by atoms with Crippen molar-refractivity contribution in [2.24, 2.45) is 0 Å².